The molecule has 0 saturated carbocycles. The van der Waals surface area contributed by atoms with Crippen LogP contribution in [-0.2, 0) is 21.4 Å². The Morgan fingerprint density at radius 2 is 1.30 bits per heavy atom. The molecule has 6 N–H and O–H groups in total. The lowest BCUT2D eigenvalue weighted by atomic mass is 9.75. The van der Waals surface area contributed by atoms with E-state index in [9.17, 15) is 4.79 Å². The maximum absolute atomic E-state index is 12.6. The van der Waals surface area contributed by atoms with Crippen molar-refractivity contribution in [3.05, 3.63) is 28.8 Å². The number of carbonyl (C=O) groups excluding carboxylic acids is 1. The number of esters is 1. The number of hydrogen-bond acceptors (Lipinski definition) is 5. The average Bonchev–Trinajstić information content (AvgIpc) is 2.49. The monoisotopic (exact) mass is 419 g/mol. The van der Waals surface area contributed by atoms with Gasteiger partial charge in [-0.25, -0.2) is 0 Å². The van der Waals surface area contributed by atoms with E-state index in [2.05, 4.69) is 20.8 Å². The van der Waals surface area contributed by atoms with Gasteiger partial charge >= 0.3 is 5.97 Å². The lowest BCUT2D eigenvalue weighted by Crippen LogP contribution is -2.42. The zero-order valence-corrected chi connectivity index (χ0v) is 20.7. The summed E-state index contributed by atoms with van der Waals surface area (Å²) in [5.74, 6) is 0.237. The fourth-order valence-electron chi connectivity index (χ4n) is 3.79. The Bertz CT molecular complexity index is 727. The summed E-state index contributed by atoms with van der Waals surface area (Å²) in [7, 11) is 0. The summed E-state index contributed by atoms with van der Waals surface area (Å²) in [4.78, 5) is 12.6. The number of rotatable bonds is 9. The molecule has 0 bridgehead atoms. The Morgan fingerprint density at radius 1 is 0.767 bits per heavy atom. The van der Waals surface area contributed by atoms with E-state index in [1.807, 2.05) is 47.6 Å². The second-order valence-corrected chi connectivity index (χ2v) is 11.6. The summed E-state index contributed by atoms with van der Waals surface area (Å²) in [5.41, 5.74) is 20.3. The molecule has 30 heavy (non-hydrogen) atoms. The van der Waals surface area contributed by atoms with Crippen LogP contribution in [0.5, 0.6) is 5.75 Å². The quantitative estimate of drug-likeness (QED) is 0.291. The van der Waals surface area contributed by atoms with Gasteiger partial charge in [-0.2, -0.15) is 0 Å². The Hall–Kier alpha value is -1.43. The molecule has 0 aliphatic rings. The molecular weight excluding hydrogens is 374 g/mol. The first-order valence-corrected chi connectivity index (χ1v) is 11.1. The van der Waals surface area contributed by atoms with Crippen LogP contribution in [0.3, 0.4) is 0 Å². The van der Waals surface area contributed by atoms with E-state index in [0.29, 0.717) is 17.6 Å². The van der Waals surface area contributed by atoms with Gasteiger partial charge in [-0.3, -0.25) is 4.79 Å². The third-order valence-corrected chi connectivity index (χ3v) is 5.18. The van der Waals surface area contributed by atoms with Crippen molar-refractivity contribution in [2.45, 2.75) is 111 Å². The fourth-order valence-corrected chi connectivity index (χ4v) is 3.79. The Morgan fingerprint density at radius 3 is 1.73 bits per heavy atom. The highest BCUT2D eigenvalue weighted by atomic mass is 16.5. The van der Waals surface area contributed by atoms with E-state index in [-0.39, 0.29) is 5.97 Å². The molecule has 172 valence electrons. The van der Waals surface area contributed by atoms with Crippen LogP contribution in [0, 0.1) is 5.41 Å². The van der Waals surface area contributed by atoms with Gasteiger partial charge in [0.2, 0.25) is 0 Å². The molecular formula is C25H45N3O2. The van der Waals surface area contributed by atoms with Crippen molar-refractivity contribution in [2.24, 2.45) is 22.6 Å². The molecule has 0 aliphatic heterocycles. The number of unbranched alkanes of at least 4 members (excludes halogenated alkanes) is 2. The highest BCUT2D eigenvalue weighted by Gasteiger charge is 2.35. The van der Waals surface area contributed by atoms with Gasteiger partial charge in [0.25, 0.3) is 0 Å². The number of benzene rings is 1. The van der Waals surface area contributed by atoms with E-state index in [0.717, 1.165) is 42.4 Å². The first-order chi connectivity index (χ1) is 13.3. The van der Waals surface area contributed by atoms with Crippen LogP contribution in [0.15, 0.2) is 12.1 Å². The lowest BCUT2D eigenvalue weighted by molar-refractivity contribution is -0.134. The minimum Gasteiger partial charge on any atom is -0.426 e. The molecule has 0 radical (unpaired) electrons. The predicted octanol–water partition coefficient (Wildman–Crippen LogP) is 5.17. The SMILES string of the molecule is CC(C)(C)CCCCCC(=O)Oc1ccc(C(C)(C)N)c(C(C)(C)N)c1C(C)(C)N. The van der Waals surface area contributed by atoms with Crippen LogP contribution in [0.4, 0.5) is 0 Å². The summed E-state index contributed by atoms with van der Waals surface area (Å²) >= 11 is 0. The zero-order valence-electron chi connectivity index (χ0n) is 20.7. The smallest absolute Gasteiger partial charge is 0.311 e. The van der Waals surface area contributed by atoms with Gasteiger partial charge in [-0.1, -0.05) is 39.7 Å². The molecule has 0 atom stereocenters. The average molecular weight is 420 g/mol. The molecule has 0 amide bonds. The highest BCUT2D eigenvalue weighted by molar-refractivity contribution is 5.73. The van der Waals surface area contributed by atoms with E-state index < -0.39 is 16.6 Å². The van der Waals surface area contributed by atoms with Crippen molar-refractivity contribution >= 4 is 5.97 Å². The van der Waals surface area contributed by atoms with Crippen LogP contribution in [-0.4, -0.2) is 5.97 Å². The molecule has 1 aromatic carbocycles. The van der Waals surface area contributed by atoms with Crippen LogP contribution < -0.4 is 21.9 Å². The minimum absolute atomic E-state index is 0.239. The summed E-state index contributed by atoms with van der Waals surface area (Å²) in [6, 6.07) is 3.71. The normalized spacial score (nSPS) is 13.5. The van der Waals surface area contributed by atoms with Gasteiger partial charge in [-0.15, -0.1) is 0 Å². The van der Waals surface area contributed by atoms with Crippen molar-refractivity contribution < 1.29 is 9.53 Å². The summed E-state index contributed by atoms with van der Waals surface area (Å²) in [6.45, 7) is 18.2. The third-order valence-electron chi connectivity index (χ3n) is 5.18. The van der Waals surface area contributed by atoms with E-state index in [4.69, 9.17) is 21.9 Å². The maximum Gasteiger partial charge on any atom is 0.311 e. The summed E-state index contributed by atoms with van der Waals surface area (Å²) in [6.07, 6.45) is 4.49. The van der Waals surface area contributed by atoms with Crippen molar-refractivity contribution in [2.75, 3.05) is 0 Å². The molecule has 0 aliphatic carbocycles. The molecule has 1 aromatic rings. The van der Waals surface area contributed by atoms with E-state index in [1.165, 1.54) is 0 Å². The number of nitrogens with two attached hydrogens (primary N) is 3. The van der Waals surface area contributed by atoms with Crippen LogP contribution in [0.1, 0.15) is 111 Å². The van der Waals surface area contributed by atoms with Crippen molar-refractivity contribution in [3.63, 3.8) is 0 Å². The molecule has 0 unspecified atom stereocenters. The second-order valence-electron chi connectivity index (χ2n) is 11.6. The first-order valence-electron chi connectivity index (χ1n) is 11.1. The van der Waals surface area contributed by atoms with E-state index in [1.54, 1.807) is 6.07 Å². The molecule has 0 spiro atoms. The van der Waals surface area contributed by atoms with Crippen LogP contribution >= 0.6 is 0 Å². The molecule has 0 heterocycles. The Labute approximate surface area is 184 Å². The van der Waals surface area contributed by atoms with Crippen LogP contribution in [0.25, 0.3) is 0 Å². The standard InChI is InChI=1S/C25H45N3O2/c1-22(2,3)16-12-10-11-13-19(29)30-18-15-14-17(23(4,5)26)20(24(6,7)27)21(18)25(8,9)28/h14-15H,10-13,16,26-28H2,1-9H3. The number of hydrogen-bond donors (Lipinski definition) is 3. The Kier molecular flexibility index (Phi) is 8.31. The summed E-state index contributed by atoms with van der Waals surface area (Å²) < 4.78 is 5.81. The molecule has 5 heteroatoms. The van der Waals surface area contributed by atoms with Gasteiger partial charge in [0, 0.05) is 28.6 Å². The predicted molar refractivity (Wildman–Crippen MR) is 126 cm³/mol. The zero-order chi connectivity index (χ0) is 23.5. The first kappa shape index (κ1) is 26.6. The molecule has 0 aromatic heterocycles. The van der Waals surface area contributed by atoms with Crippen LogP contribution in [0.2, 0.25) is 0 Å². The fraction of sp³-hybridized carbons (Fsp3) is 0.720. The Balaban J connectivity index is 3.15. The lowest BCUT2D eigenvalue weighted by Gasteiger charge is -2.36. The topological polar surface area (TPSA) is 104 Å². The van der Waals surface area contributed by atoms with Gasteiger partial charge < -0.3 is 21.9 Å². The van der Waals surface area contributed by atoms with Crippen molar-refractivity contribution in [1.82, 2.24) is 0 Å². The van der Waals surface area contributed by atoms with Gasteiger partial charge in [0.05, 0.1) is 0 Å². The summed E-state index contributed by atoms with van der Waals surface area (Å²) in [5, 5.41) is 0. The van der Waals surface area contributed by atoms with Gasteiger partial charge in [0.1, 0.15) is 5.75 Å². The number of ether oxygens (including phenoxy) is 1. The molecule has 5 nitrogen and oxygen atoms in total. The van der Waals surface area contributed by atoms with Gasteiger partial charge in [0.15, 0.2) is 0 Å². The van der Waals surface area contributed by atoms with E-state index >= 15 is 0 Å². The van der Waals surface area contributed by atoms with Crippen molar-refractivity contribution in [3.8, 4) is 5.75 Å². The maximum atomic E-state index is 12.6. The van der Waals surface area contributed by atoms with Crippen molar-refractivity contribution in [1.29, 1.82) is 0 Å². The molecule has 0 fully saturated rings. The third kappa shape index (κ3) is 8.01. The molecule has 0 saturated heterocycles. The number of carbonyl (C=O) groups is 1. The second kappa shape index (κ2) is 9.37. The largest absolute Gasteiger partial charge is 0.426 e. The molecule has 1 rings (SSSR count). The van der Waals surface area contributed by atoms with Gasteiger partial charge in [-0.05, 0) is 77.0 Å². The highest BCUT2D eigenvalue weighted by Crippen LogP contribution is 2.41. The minimum atomic E-state index is -0.754.